The molecule has 8 heteroatoms. The van der Waals surface area contributed by atoms with E-state index in [0.717, 1.165) is 17.1 Å². The minimum Gasteiger partial charge on any atom is -0.497 e. The van der Waals surface area contributed by atoms with Crippen molar-refractivity contribution >= 4 is 10.0 Å². The van der Waals surface area contributed by atoms with Crippen LogP contribution < -0.4 is 9.47 Å². The van der Waals surface area contributed by atoms with Crippen LogP contribution >= 0.6 is 0 Å². The Hall–Kier alpha value is -2.16. The number of halogens is 1. The van der Waals surface area contributed by atoms with E-state index in [9.17, 15) is 12.8 Å². The van der Waals surface area contributed by atoms with Crippen molar-refractivity contribution in [1.82, 2.24) is 9.21 Å². The number of aryl methyl sites for hydroxylation is 1. The molecule has 0 amide bonds. The molecule has 0 bridgehead atoms. The van der Waals surface area contributed by atoms with E-state index in [1.165, 1.54) is 22.5 Å². The minimum atomic E-state index is -3.63. The lowest BCUT2D eigenvalue weighted by Gasteiger charge is -2.34. The monoisotopic (exact) mass is 408 g/mol. The Labute approximate surface area is 165 Å². The van der Waals surface area contributed by atoms with E-state index in [4.69, 9.17) is 9.47 Å². The van der Waals surface area contributed by atoms with Crippen LogP contribution in [-0.4, -0.2) is 58.0 Å². The van der Waals surface area contributed by atoms with Gasteiger partial charge in [-0.2, -0.15) is 4.31 Å². The zero-order valence-corrected chi connectivity index (χ0v) is 17.1. The summed E-state index contributed by atoms with van der Waals surface area (Å²) in [6.07, 6.45) is 0. The minimum absolute atomic E-state index is 0.134. The van der Waals surface area contributed by atoms with Crippen molar-refractivity contribution in [3.8, 4) is 11.5 Å². The summed E-state index contributed by atoms with van der Waals surface area (Å²) >= 11 is 0. The molecule has 0 N–H and O–H groups in total. The number of piperazine rings is 1. The highest BCUT2D eigenvalue weighted by atomic mass is 32.2. The molecule has 1 aliphatic rings. The van der Waals surface area contributed by atoms with Gasteiger partial charge < -0.3 is 9.47 Å². The molecular formula is C20H25FN2O4S. The third kappa shape index (κ3) is 4.29. The topological polar surface area (TPSA) is 59.1 Å². The van der Waals surface area contributed by atoms with Crippen molar-refractivity contribution in [1.29, 1.82) is 0 Å². The van der Waals surface area contributed by atoms with Crippen molar-refractivity contribution in [3.63, 3.8) is 0 Å². The van der Waals surface area contributed by atoms with E-state index in [0.29, 0.717) is 38.3 Å². The fraction of sp³-hybridized carbons (Fsp3) is 0.400. The first-order valence-electron chi connectivity index (χ1n) is 9.04. The largest absolute Gasteiger partial charge is 0.497 e. The average molecular weight is 408 g/mol. The number of methoxy groups -OCH3 is 2. The Kier molecular flexibility index (Phi) is 6.22. The SMILES string of the molecule is COc1ccc(OC)c(CN2CCN(S(=O)(=O)c3ccc(F)c(C)c3)CC2)c1. The predicted octanol–water partition coefficient (Wildman–Crippen LogP) is 2.66. The Morgan fingerprint density at radius 3 is 2.32 bits per heavy atom. The van der Waals surface area contributed by atoms with E-state index in [-0.39, 0.29) is 4.90 Å². The molecular weight excluding hydrogens is 383 g/mol. The molecule has 3 rings (SSSR count). The molecule has 0 unspecified atom stereocenters. The van der Waals surface area contributed by atoms with Crippen LogP contribution in [0.2, 0.25) is 0 Å². The summed E-state index contributed by atoms with van der Waals surface area (Å²) < 4.78 is 51.3. The van der Waals surface area contributed by atoms with Gasteiger partial charge in [0.1, 0.15) is 17.3 Å². The molecule has 0 aromatic heterocycles. The first-order valence-corrected chi connectivity index (χ1v) is 10.5. The fourth-order valence-corrected chi connectivity index (χ4v) is 4.81. The van der Waals surface area contributed by atoms with E-state index in [2.05, 4.69) is 4.90 Å². The van der Waals surface area contributed by atoms with Gasteiger partial charge in [-0.05, 0) is 48.9 Å². The van der Waals surface area contributed by atoms with Crippen LogP contribution in [-0.2, 0) is 16.6 Å². The Bertz CT molecular complexity index is 941. The van der Waals surface area contributed by atoms with Gasteiger partial charge in [-0.1, -0.05) is 0 Å². The van der Waals surface area contributed by atoms with Gasteiger partial charge >= 0.3 is 0 Å². The average Bonchev–Trinajstić information content (AvgIpc) is 2.70. The van der Waals surface area contributed by atoms with Gasteiger partial charge in [0.2, 0.25) is 10.0 Å². The maximum Gasteiger partial charge on any atom is 0.243 e. The van der Waals surface area contributed by atoms with Crippen LogP contribution in [0.5, 0.6) is 11.5 Å². The molecule has 1 heterocycles. The summed E-state index contributed by atoms with van der Waals surface area (Å²) in [4.78, 5) is 2.31. The molecule has 0 spiro atoms. The van der Waals surface area contributed by atoms with Gasteiger partial charge in [-0.3, -0.25) is 4.90 Å². The Morgan fingerprint density at radius 2 is 1.71 bits per heavy atom. The van der Waals surface area contributed by atoms with Crippen molar-refractivity contribution < 1.29 is 22.3 Å². The van der Waals surface area contributed by atoms with Crippen LogP contribution in [0.1, 0.15) is 11.1 Å². The summed E-state index contributed by atoms with van der Waals surface area (Å²) in [6, 6.07) is 9.56. The van der Waals surface area contributed by atoms with Gasteiger partial charge in [-0.15, -0.1) is 0 Å². The molecule has 1 aliphatic heterocycles. The quantitative estimate of drug-likeness (QED) is 0.736. The van der Waals surface area contributed by atoms with Gasteiger partial charge in [0.15, 0.2) is 0 Å². The molecule has 0 saturated carbocycles. The Balaban J connectivity index is 1.68. The van der Waals surface area contributed by atoms with Crippen molar-refractivity contribution in [3.05, 3.63) is 53.3 Å². The molecule has 152 valence electrons. The first-order chi connectivity index (χ1) is 13.3. The second-order valence-corrected chi connectivity index (χ2v) is 8.71. The van der Waals surface area contributed by atoms with Gasteiger partial charge in [0, 0.05) is 38.3 Å². The summed E-state index contributed by atoms with van der Waals surface area (Å²) in [7, 11) is -0.383. The number of benzene rings is 2. The van der Waals surface area contributed by atoms with Crippen LogP contribution in [0, 0.1) is 12.7 Å². The first kappa shape index (κ1) is 20.6. The molecule has 6 nitrogen and oxygen atoms in total. The maximum absolute atomic E-state index is 13.5. The fourth-order valence-electron chi connectivity index (χ4n) is 3.30. The highest BCUT2D eigenvalue weighted by Gasteiger charge is 2.29. The van der Waals surface area contributed by atoms with Crippen molar-refractivity contribution in [2.24, 2.45) is 0 Å². The highest BCUT2D eigenvalue weighted by molar-refractivity contribution is 7.89. The van der Waals surface area contributed by atoms with Crippen molar-refractivity contribution in [2.75, 3.05) is 40.4 Å². The molecule has 0 radical (unpaired) electrons. The van der Waals surface area contributed by atoms with E-state index < -0.39 is 15.8 Å². The summed E-state index contributed by atoms with van der Waals surface area (Å²) in [5, 5.41) is 0. The number of nitrogens with zero attached hydrogens (tertiary/aromatic N) is 2. The molecule has 1 fully saturated rings. The number of hydrogen-bond acceptors (Lipinski definition) is 5. The number of rotatable bonds is 6. The smallest absolute Gasteiger partial charge is 0.243 e. The van der Waals surface area contributed by atoms with E-state index in [1.807, 2.05) is 18.2 Å². The Morgan fingerprint density at radius 1 is 1.00 bits per heavy atom. The molecule has 0 aliphatic carbocycles. The number of sulfonamides is 1. The summed E-state index contributed by atoms with van der Waals surface area (Å²) in [5.41, 5.74) is 1.32. The zero-order chi connectivity index (χ0) is 20.3. The molecule has 2 aromatic rings. The molecule has 28 heavy (non-hydrogen) atoms. The third-order valence-electron chi connectivity index (χ3n) is 4.98. The van der Waals surface area contributed by atoms with Gasteiger partial charge in [0.25, 0.3) is 0 Å². The number of ether oxygens (including phenoxy) is 2. The molecule has 1 saturated heterocycles. The summed E-state index contributed by atoms with van der Waals surface area (Å²) in [5.74, 6) is 1.12. The molecule has 0 atom stereocenters. The summed E-state index contributed by atoms with van der Waals surface area (Å²) in [6.45, 7) is 4.16. The van der Waals surface area contributed by atoms with Crippen LogP contribution in [0.15, 0.2) is 41.3 Å². The van der Waals surface area contributed by atoms with Crippen LogP contribution in [0.4, 0.5) is 4.39 Å². The van der Waals surface area contributed by atoms with Gasteiger partial charge in [0.05, 0.1) is 19.1 Å². The number of hydrogen-bond donors (Lipinski definition) is 0. The highest BCUT2D eigenvalue weighted by Crippen LogP contribution is 2.26. The lowest BCUT2D eigenvalue weighted by Crippen LogP contribution is -2.48. The molecule has 2 aromatic carbocycles. The van der Waals surface area contributed by atoms with Crippen molar-refractivity contribution in [2.45, 2.75) is 18.4 Å². The van der Waals surface area contributed by atoms with E-state index >= 15 is 0 Å². The predicted molar refractivity (Wildman–Crippen MR) is 105 cm³/mol. The zero-order valence-electron chi connectivity index (χ0n) is 16.3. The maximum atomic E-state index is 13.5. The lowest BCUT2D eigenvalue weighted by molar-refractivity contribution is 0.180. The standard InChI is InChI=1S/C20H25FN2O4S/c1-15-12-18(5-6-19(15)21)28(24,25)23-10-8-22(9-11-23)14-16-13-17(26-2)4-7-20(16)27-3/h4-7,12-13H,8-11,14H2,1-3H3. The third-order valence-corrected chi connectivity index (χ3v) is 6.87. The lowest BCUT2D eigenvalue weighted by atomic mass is 10.1. The second kappa shape index (κ2) is 8.46. The second-order valence-electron chi connectivity index (χ2n) is 6.77. The van der Waals surface area contributed by atoms with Crippen LogP contribution in [0.3, 0.4) is 0 Å². The van der Waals surface area contributed by atoms with E-state index in [1.54, 1.807) is 21.1 Å². The van der Waals surface area contributed by atoms with Gasteiger partial charge in [-0.25, -0.2) is 12.8 Å². The van der Waals surface area contributed by atoms with Crippen LogP contribution in [0.25, 0.3) is 0 Å². The normalized spacial score (nSPS) is 16.1.